The molecule has 0 spiro atoms. The summed E-state index contributed by atoms with van der Waals surface area (Å²) in [6, 6.07) is 6.43. The van der Waals surface area contributed by atoms with Crippen molar-refractivity contribution >= 4 is 11.9 Å². The average molecular weight is 249 g/mol. The SMILES string of the molecule is CCN[C@@H](C)CN=C/C=C(\N)c1ccc(F)cc1. The average Bonchev–Trinajstić information content (AvgIpc) is 2.35. The number of nitrogens with two attached hydrogens (primary N) is 1. The largest absolute Gasteiger partial charge is 0.398 e. The van der Waals surface area contributed by atoms with E-state index in [1.54, 1.807) is 24.4 Å². The maximum atomic E-state index is 12.7. The molecule has 4 heteroatoms. The summed E-state index contributed by atoms with van der Waals surface area (Å²) in [6.45, 7) is 5.78. The molecule has 0 unspecified atom stereocenters. The molecule has 0 bridgehead atoms. The lowest BCUT2D eigenvalue weighted by Crippen LogP contribution is -2.28. The third-order valence-electron chi connectivity index (χ3n) is 2.47. The third kappa shape index (κ3) is 5.10. The molecule has 0 saturated carbocycles. The Bertz CT molecular complexity index is 410. The van der Waals surface area contributed by atoms with Crippen LogP contribution >= 0.6 is 0 Å². The third-order valence-corrected chi connectivity index (χ3v) is 2.47. The first-order valence-electron chi connectivity index (χ1n) is 6.08. The van der Waals surface area contributed by atoms with Gasteiger partial charge in [-0.2, -0.15) is 0 Å². The first-order valence-corrected chi connectivity index (χ1v) is 6.08. The molecule has 0 heterocycles. The van der Waals surface area contributed by atoms with Gasteiger partial charge in [-0.3, -0.25) is 4.99 Å². The second-order valence-electron chi connectivity index (χ2n) is 4.10. The summed E-state index contributed by atoms with van der Waals surface area (Å²) in [5.41, 5.74) is 7.23. The fraction of sp³-hybridized carbons (Fsp3) is 0.357. The Kier molecular flexibility index (Phi) is 6.08. The van der Waals surface area contributed by atoms with Crippen molar-refractivity contribution in [2.24, 2.45) is 10.7 Å². The van der Waals surface area contributed by atoms with Crippen LogP contribution in [0.15, 0.2) is 35.3 Å². The van der Waals surface area contributed by atoms with E-state index in [9.17, 15) is 4.39 Å². The molecule has 3 nitrogen and oxygen atoms in total. The highest BCUT2D eigenvalue weighted by molar-refractivity contribution is 5.83. The summed E-state index contributed by atoms with van der Waals surface area (Å²) < 4.78 is 12.7. The van der Waals surface area contributed by atoms with Gasteiger partial charge in [0.1, 0.15) is 5.82 Å². The number of nitrogens with one attached hydrogen (secondary N) is 1. The van der Waals surface area contributed by atoms with Gasteiger partial charge in [0.15, 0.2) is 0 Å². The zero-order chi connectivity index (χ0) is 13.4. The van der Waals surface area contributed by atoms with Gasteiger partial charge < -0.3 is 11.1 Å². The van der Waals surface area contributed by atoms with Gasteiger partial charge in [-0.05, 0) is 37.2 Å². The molecule has 0 aromatic heterocycles. The molecule has 1 aromatic carbocycles. The standard InChI is InChI=1S/C14H20FN3/c1-3-18-11(2)10-17-9-8-14(16)12-4-6-13(15)7-5-12/h4-9,11,18H,3,10,16H2,1-2H3/b14-8-,17-9?/t11-/m0/s1. The van der Waals surface area contributed by atoms with Crippen LogP contribution in [0.3, 0.4) is 0 Å². The highest BCUT2D eigenvalue weighted by Crippen LogP contribution is 2.08. The number of hydrogen-bond acceptors (Lipinski definition) is 3. The molecule has 18 heavy (non-hydrogen) atoms. The summed E-state index contributed by atoms with van der Waals surface area (Å²) >= 11 is 0. The van der Waals surface area contributed by atoms with Gasteiger partial charge in [0, 0.05) is 18.0 Å². The number of halogens is 1. The molecule has 0 fully saturated rings. The van der Waals surface area contributed by atoms with Crippen molar-refractivity contribution in [2.75, 3.05) is 13.1 Å². The minimum Gasteiger partial charge on any atom is -0.398 e. The number of benzene rings is 1. The molecule has 1 atom stereocenters. The minimum absolute atomic E-state index is 0.264. The lowest BCUT2D eigenvalue weighted by molar-refractivity contribution is 0.578. The van der Waals surface area contributed by atoms with Crippen LogP contribution in [-0.4, -0.2) is 25.3 Å². The maximum Gasteiger partial charge on any atom is 0.123 e. The van der Waals surface area contributed by atoms with E-state index in [0.717, 1.165) is 12.1 Å². The molecule has 0 aliphatic heterocycles. The van der Waals surface area contributed by atoms with Gasteiger partial charge in [0.2, 0.25) is 0 Å². The van der Waals surface area contributed by atoms with Crippen molar-refractivity contribution in [3.8, 4) is 0 Å². The Balaban J connectivity index is 2.51. The topological polar surface area (TPSA) is 50.4 Å². The van der Waals surface area contributed by atoms with Gasteiger partial charge >= 0.3 is 0 Å². The van der Waals surface area contributed by atoms with E-state index in [2.05, 4.69) is 24.2 Å². The molecule has 1 aromatic rings. The van der Waals surface area contributed by atoms with E-state index < -0.39 is 0 Å². The lowest BCUT2D eigenvalue weighted by atomic mass is 10.1. The molecular formula is C14H20FN3. The van der Waals surface area contributed by atoms with Crippen molar-refractivity contribution in [3.05, 3.63) is 41.7 Å². The second-order valence-corrected chi connectivity index (χ2v) is 4.10. The summed E-state index contributed by atoms with van der Waals surface area (Å²) in [4.78, 5) is 4.25. The van der Waals surface area contributed by atoms with Gasteiger partial charge in [-0.25, -0.2) is 4.39 Å². The Morgan fingerprint density at radius 1 is 1.44 bits per heavy atom. The predicted octanol–water partition coefficient (Wildman–Crippen LogP) is 2.19. The van der Waals surface area contributed by atoms with Crippen LogP contribution in [0.5, 0.6) is 0 Å². The highest BCUT2D eigenvalue weighted by Gasteiger charge is 1.96. The maximum absolute atomic E-state index is 12.7. The molecule has 0 aliphatic rings. The van der Waals surface area contributed by atoms with Crippen LogP contribution in [0.25, 0.3) is 5.70 Å². The van der Waals surface area contributed by atoms with Crippen molar-refractivity contribution in [2.45, 2.75) is 19.9 Å². The van der Waals surface area contributed by atoms with Crippen molar-refractivity contribution < 1.29 is 4.39 Å². The molecule has 0 radical (unpaired) electrons. The Morgan fingerprint density at radius 2 is 2.11 bits per heavy atom. The molecule has 0 aliphatic carbocycles. The summed E-state index contributed by atoms with van der Waals surface area (Å²) in [5, 5.41) is 3.26. The van der Waals surface area contributed by atoms with Crippen LogP contribution < -0.4 is 11.1 Å². The number of hydrogen-bond donors (Lipinski definition) is 2. The van der Waals surface area contributed by atoms with Crippen molar-refractivity contribution in [3.63, 3.8) is 0 Å². The molecule has 98 valence electrons. The number of aliphatic imine (C=N–C) groups is 1. The molecule has 0 saturated heterocycles. The monoisotopic (exact) mass is 249 g/mol. The zero-order valence-electron chi connectivity index (χ0n) is 10.9. The summed E-state index contributed by atoms with van der Waals surface area (Å²) in [7, 11) is 0. The van der Waals surface area contributed by atoms with Gasteiger partial charge in [0.05, 0.1) is 6.54 Å². The minimum atomic E-state index is -0.264. The first kappa shape index (κ1) is 14.4. The van der Waals surface area contributed by atoms with E-state index in [-0.39, 0.29) is 5.82 Å². The fourth-order valence-electron chi connectivity index (χ4n) is 1.50. The van der Waals surface area contributed by atoms with Crippen molar-refractivity contribution in [1.29, 1.82) is 0 Å². The number of likely N-dealkylation sites (N-methyl/N-ethyl adjacent to an activating group) is 1. The molecular weight excluding hydrogens is 229 g/mol. The number of nitrogens with zero attached hydrogens (tertiary/aromatic N) is 1. The highest BCUT2D eigenvalue weighted by atomic mass is 19.1. The summed E-state index contributed by atoms with van der Waals surface area (Å²) in [6.07, 6.45) is 3.42. The fourth-order valence-corrected chi connectivity index (χ4v) is 1.50. The molecule has 0 amide bonds. The number of rotatable bonds is 6. The second kappa shape index (κ2) is 7.61. The predicted molar refractivity (Wildman–Crippen MR) is 75.1 cm³/mol. The normalized spacial score (nSPS) is 14.1. The van der Waals surface area contributed by atoms with Gasteiger partial charge in [-0.15, -0.1) is 0 Å². The van der Waals surface area contributed by atoms with Crippen molar-refractivity contribution in [1.82, 2.24) is 5.32 Å². The Hall–Kier alpha value is -1.68. The van der Waals surface area contributed by atoms with Crippen LogP contribution in [-0.2, 0) is 0 Å². The van der Waals surface area contributed by atoms with E-state index in [0.29, 0.717) is 18.3 Å². The number of allylic oxidation sites excluding steroid dienone is 1. The molecule has 3 N–H and O–H groups in total. The van der Waals surface area contributed by atoms with Crippen LogP contribution in [0.4, 0.5) is 4.39 Å². The Labute approximate surface area is 108 Å². The van der Waals surface area contributed by atoms with Crippen LogP contribution in [0, 0.1) is 5.82 Å². The van der Waals surface area contributed by atoms with Gasteiger partial charge in [-0.1, -0.05) is 19.1 Å². The van der Waals surface area contributed by atoms with Gasteiger partial charge in [0.25, 0.3) is 0 Å². The summed E-state index contributed by atoms with van der Waals surface area (Å²) in [5.74, 6) is -0.264. The van der Waals surface area contributed by atoms with Crippen LogP contribution in [0.1, 0.15) is 19.4 Å². The van der Waals surface area contributed by atoms with E-state index >= 15 is 0 Å². The smallest absolute Gasteiger partial charge is 0.123 e. The van der Waals surface area contributed by atoms with E-state index in [1.807, 2.05) is 0 Å². The quantitative estimate of drug-likeness (QED) is 0.759. The lowest BCUT2D eigenvalue weighted by Gasteiger charge is -2.07. The molecule has 1 rings (SSSR count). The van der Waals surface area contributed by atoms with Crippen LogP contribution in [0.2, 0.25) is 0 Å². The van der Waals surface area contributed by atoms with E-state index in [1.165, 1.54) is 12.1 Å². The van der Waals surface area contributed by atoms with E-state index in [4.69, 9.17) is 5.73 Å². The Morgan fingerprint density at radius 3 is 2.72 bits per heavy atom. The zero-order valence-corrected chi connectivity index (χ0v) is 10.9. The first-order chi connectivity index (χ1) is 8.63.